The average molecular weight is 397 g/mol. The Balaban J connectivity index is 1.94. The first-order valence-electron chi connectivity index (χ1n) is 9.45. The Bertz CT molecular complexity index is 941. The van der Waals surface area contributed by atoms with Gasteiger partial charge in [0.15, 0.2) is 11.5 Å². The highest BCUT2D eigenvalue weighted by Crippen LogP contribution is 2.43. The van der Waals surface area contributed by atoms with Gasteiger partial charge in [-0.2, -0.15) is 0 Å². The Morgan fingerprint density at radius 1 is 1.21 bits per heavy atom. The molecule has 2 aliphatic rings. The molecule has 0 radical (unpaired) electrons. The van der Waals surface area contributed by atoms with Gasteiger partial charge in [0, 0.05) is 23.2 Å². The van der Waals surface area contributed by atoms with Crippen molar-refractivity contribution in [3.8, 4) is 11.5 Å². The number of methoxy groups -OCH3 is 1. The summed E-state index contributed by atoms with van der Waals surface area (Å²) in [7, 11) is 1.65. The van der Waals surface area contributed by atoms with Crippen molar-refractivity contribution in [3.63, 3.8) is 0 Å². The third kappa shape index (κ3) is 3.31. The predicted molar refractivity (Wildman–Crippen MR) is 112 cm³/mol. The van der Waals surface area contributed by atoms with Gasteiger partial charge in [0.05, 0.1) is 31.6 Å². The molecule has 146 valence electrons. The number of hydrogen-bond donors (Lipinski definition) is 1. The van der Waals surface area contributed by atoms with Crippen LogP contribution in [0.1, 0.15) is 36.0 Å². The Morgan fingerprint density at radius 3 is 2.82 bits per heavy atom. The number of nitrogens with zero attached hydrogens (tertiary/aromatic N) is 2. The Morgan fingerprint density at radius 2 is 2.07 bits per heavy atom. The van der Waals surface area contributed by atoms with Crippen molar-refractivity contribution < 1.29 is 14.6 Å². The van der Waals surface area contributed by atoms with Crippen LogP contribution in [0.4, 0.5) is 0 Å². The standard InChI is InChI=1S/C22H24N2O3S/c1-4-27-20-11-15-16-10-13(25)7-8-18(16)24-21(17(15)12-19(20)26-2)14-6-5-9-23-22(14)28-3/h5-9,11-13,16,18,25H,4,10H2,1-3H3/t13-,16+,18+/m0/s1. The average Bonchev–Trinajstić information content (AvgIpc) is 2.73. The van der Waals surface area contributed by atoms with Gasteiger partial charge < -0.3 is 14.6 Å². The van der Waals surface area contributed by atoms with Gasteiger partial charge in [-0.3, -0.25) is 4.99 Å². The minimum Gasteiger partial charge on any atom is -0.493 e. The molecule has 28 heavy (non-hydrogen) atoms. The number of fused-ring (bicyclic) bond motifs is 3. The summed E-state index contributed by atoms with van der Waals surface area (Å²) in [6.07, 6.45) is 7.88. The van der Waals surface area contributed by atoms with Gasteiger partial charge in [0.1, 0.15) is 5.03 Å². The highest BCUT2D eigenvalue weighted by Gasteiger charge is 2.35. The molecule has 1 N–H and O–H groups in total. The lowest BCUT2D eigenvalue weighted by Gasteiger charge is -2.34. The van der Waals surface area contributed by atoms with Crippen LogP contribution in [-0.2, 0) is 0 Å². The van der Waals surface area contributed by atoms with Crippen molar-refractivity contribution in [2.24, 2.45) is 4.99 Å². The van der Waals surface area contributed by atoms with Crippen molar-refractivity contribution in [3.05, 3.63) is 59.3 Å². The molecule has 0 amide bonds. The molecule has 0 bridgehead atoms. The SMILES string of the molecule is CCOc1cc2c(cc1OC)C(c1cccnc1SC)=N[C@@H]1C=C[C@H](O)C[C@H]21. The number of aromatic nitrogens is 1. The molecule has 0 unspecified atom stereocenters. The number of ether oxygens (including phenoxy) is 2. The van der Waals surface area contributed by atoms with Gasteiger partial charge in [0.25, 0.3) is 0 Å². The third-order valence-corrected chi connectivity index (χ3v) is 5.94. The van der Waals surface area contributed by atoms with E-state index in [1.54, 1.807) is 25.1 Å². The van der Waals surface area contributed by atoms with Crippen molar-refractivity contribution >= 4 is 17.5 Å². The molecule has 1 aliphatic carbocycles. The van der Waals surface area contributed by atoms with E-state index in [-0.39, 0.29) is 12.0 Å². The maximum Gasteiger partial charge on any atom is 0.161 e. The molecule has 3 atom stereocenters. The maximum absolute atomic E-state index is 10.2. The highest BCUT2D eigenvalue weighted by atomic mass is 32.2. The lowest BCUT2D eigenvalue weighted by atomic mass is 9.77. The largest absolute Gasteiger partial charge is 0.493 e. The third-order valence-electron chi connectivity index (χ3n) is 5.23. The van der Waals surface area contributed by atoms with Crippen LogP contribution in [-0.4, -0.2) is 47.9 Å². The molecular formula is C22H24N2O3S. The van der Waals surface area contributed by atoms with Crippen molar-refractivity contribution in [2.45, 2.75) is 36.4 Å². The number of rotatable bonds is 5. The van der Waals surface area contributed by atoms with Gasteiger partial charge >= 0.3 is 0 Å². The maximum atomic E-state index is 10.2. The first kappa shape index (κ1) is 19.0. The summed E-state index contributed by atoms with van der Waals surface area (Å²) in [5.41, 5.74) is 4.09. The molecule has 2 aromatic rings. The second kappa shape index (κ2) is 7.97. The van der Waals surface area contributed by atoms with E-state index in [0.29, 0.717) is 18.8 Å². The molecule has 1 aromatic heterocycles. The molecule has 0 spiro atoms. The molecule has 1 aromatic carbocycles. The monoisotopic (exact) mass is 396 g/mol. The van der Waals surface area contributed by atoms with E-state index < -0.39 is 6.10 Å². The Labute approximate surface area is 169 Å². The summed E-state index contributed by atoms with van der Waals surface area (Å²) in [4.78, 5) is 9.60. The van der Waals surface area contributed by atoms with Crippen LogP contribution in [0.15, 0.2) is 52.6 Å². The van der Waals surface area contributed by atoms with Crippen LogP contribution in [0, 0.1) is 0 Å². The number of benzene rings is 1. The molecule has 4 rings (SSSR count). The van der Waals surface area contributed by atoms with E-state index in [1.165, 1.54) is 0 Å². The van der Waals surface area contributed by atoms with Gasteiger partial charge in [-0.25, -0.2) is 4.98 Å². The molecule has 5 nitrogen and oxygen atoms in total. The van der Waals surface area contributed by atoms with Crippen molar-refractivity contribution in [1.29, 1.82) is 0 Å². The van der Waals surface area contributed by atoms with Crippen LogP contribution >= 0.6 is 11.8 Å². The number of pyridine rings is 1. The molecule has 2 heterocycles. The second-order valence-corrected chi connectivity index (χ2v) is 7.64. The van der Waals surface area contributed by atoms with E-state index in [9.17, 15) is 5.11 Å². The molecular weight excluding hydrogens is 372 g/mol. The Kier molecular flexibility index (Phi) is 5.42. The van der Waals surface area contributed by atoms with Gasteiger partial charge in [-0.15, -0.1) is 11.8 Å². The summed E-state index contributed by atoms with van der Waals surface area (Å²) in [6.45, 7) is 2.52. The summed E-state index contributed by atoms with van der Waals surface area (Å²) in [6, 6.07) is 8.06. The molecule has 1 aliphatic heterocycles. The zero-order chi connectivity index (χ0) is 19.7. The van der Waals surface area contributed by atoms with E-state index >= 15 is 0 Å². The summed E-state index contributed by atoms with van der Waals surface area (Å²) in [5.74, 6) is 1.52. The van der Waals surface area contributed by atoms with E-state index in [2.05, 4.69) is 17.1 Å². The number of aliphatic imine (C=N–C) groups is 1. The van der Waals surface area contributed by atoms with Crippen LogP contribution in [0.5, 0.6) is 11.5 Å². The number of aliphatic hydroxyl groups excluding tert-OH is 1. The fraction of sp³-hybridized carbons (Fsp3) is 0.364. The van der Waals surface area contributed by atoms with E-state index in [1.807, 2.05) is 37.5 Å². The normalized spacial score (nSPS) is 22.9. The van der Waals surface area contributed by atoms with Gasteiger partial charge in [-0.05, 0) is 49.4 Å². The first-order valence-corrected chi connectivity index (χ1v) is 10.7. The lowest BCUT2D eigenvalue weighted by molar-refractivity contribution is 0.190. The van der Waals surface area contributed by atoms with Gasteiger partial charge in [0.2, 0.25) is 0 Å². The first-order chi connectivity index (χ1) is 13.7. The van der Waals surface area contributed by atoms with E-state index in [0.717, 1.165) is 33.2 Å². The Hall–Kier alpha value is -2.31. The van der Waals surface area contributed by atoms with Crippen LogP contribution in [0.25, 0.3) is 0 Å². The quantitative estimate of drug-likeness (QED) is 0.615. The smallest absolute Gasteiger partial charge is 0.161 e. The summed E-state index contributed by atoms with van der Waals surface area (Å²) in [5, 5.41) is 11.2. The van der Waals surface area contributed by atoms with Crippen molar-refractivity contribution in [1.82, 2.24) is 4.98 Å². The summed E-state index contributed by atoms with van der Waals surface area (Å²) >= 11 is 1.61. The number of hydrogen-bond acceptors (Lipinski definition) is 6. The number of thioether (sulfide) groups is 1. The zero-order valence-electron chi connectivity index (χ0n) is 16.3. The molecule has 0 saturated heterocycles. The predicted octanol–water partition coefficient (Wildman–Crippen LogP) is 3.83. The van der Waals surface area contributed by atoms with Crippen LogP contribution in [0.2, 0.25) is 0 Å². The molecule has 6 heteroatoms. The van der Waals surface area contributed by atoms with Crippen LogP contribution in [0.3, 0.4) is 0 Å². The van der Waals surface area contributed by atoms with Gasteiger partial charge in [-0.1, -0.05) is 12.2 Å². The minimum absolute atomic E-state index is 0.0105. The number of aliphatic hydroxyl groups is 1. The fourth-order valence-corrected chi connectivity index (χ4v) is 4.53. The van der Waals surface area contributed by atoms with Crippen LogP contribution < -0.4 is 9.47 Å². The zero-order valence-corrected chi connectivity index (χ0v) is 17.1. The topological polar surface area (TPSA) is 63.9 Å². The molecule has 0 saturated carbocycles. The summed E-state index contributed by atoms with van der Waals surface area (Å²) < 4.78 is 11.4. The fourth-order valence-electron chi connectivity index (χ4n) is 3.98. The lowest BCUT2D eigenvalue weighted by Crippen LogP contribution is -2.31. The van der Waals surface area contributed by atoms with Crippen molar-refractivity contribution in [2.75, 3.05) is 20.0 Å². The molecule has 0 fully saturated rings. The highest BCUT2D eigenvalue weighted by molar-refractivity contribution is 7.98. The minimum atomic E-state index is -0.455. The van der Waals surface area contributed by atoms with E-state index in [4.69, 9.17) is 14.5 Å². The second-order valence-electron chi connectivity index (χ2n) is 6.85.